The molecule has 2 atom stereocenters. The van der Waals surface area contributed by atoms with Crippen LogP contribution in [0.2, 0.25) is 0 Å². The quantitative estimate of drug-likeness (QED) is 0.279. The van der Waals surface area contributed by atoms with Crippen molar-refractivity contribution in [1.29, 1.82) is 5.41 Å². The number of anilines is 3. The highest BCUT2D eigenvalue weighted by molar-refractivity contribution is 6.01. The van der Waals surface area contributed by atoms with Crippen molar-refractivity contribution in [1.82, 2.24) is 15.3 Å². The molecule has 10 heteroatoms. The zero-order valence-electron chi connectivity index (χ0n) is 21.4. The summed E-state index contributed by atoms with van der Waals surface area (Å²) in [7, 11) is 3.59. The first kappa shape index (κ1) is 25.7. The Bertz CT molecular complexity index is 1090. The lowest BCUT2D eigenvalue weighted by Gasteiger charge is -2.40. The van der Waals surface area contributed by atoms with E-state index in [0.717, 1.165) is 42.0 Å². The lowest BCUT2D eigenvalue weighted by atomic mass is 9.95. The number of amidine groups is 1. The number of benzene rings is 1. The fraction of sp³-hybridized carbons (Fsp3) is 0.538. The van der Waals surface area contributed by atoms with Crippen molar-refractivity contribution < 1.29 is 9.53 Å². The van der Waals surface area contributed by atoms with Gasteiger partial charge in [-0.15, -0.1) is 0 Å². The molecule has 2 aromatic rings. The fourth-order valence-corrected chi connectivity index (χ4v) is 5.00. The minimum absolute atomic E-state index is 0.00170. The van der Waals surface area contributed by atoms with Crippen LogP contribution in [0.3, 0.4) is 0 Å². The van der Waals surface area contributed by atoms with Gasteiger partial charge in [-0.3, -0.25) is 10.2 Å². The molecule has 1 saturated heterocycles. The molecule has 0 unspecified atom stereocenters. The van der Waals surface area contributed by atoms with E-state index in [-0.39, 0.29) is 23.8 Å². The van der Waals surface area contributed by atoms with Crippen LogP contribution in [0, 0.1) is 5.41 Å². The van der Waals surface area contributed by atoms with E-state index in [0.29, 0.717) is 24.7 Å². The number of hydrogen-bond donors (Lipinski definition) is 5. The molecule has 1 amide bonds. The van der Waals surface area contributed by atoms with Gasteiger partial charge in [0.2, 0.25) is 5.95 Å². The number of hydrogen-bond acceptors (Lipinski definition) is 8. The van der Waals surface area contributed by atoms with E-state index >= 15 is 0 Å². The number of aromatic nitrogens is 2. The largest absolute Gasteiger partial charge is 0.388 e. The van der Waals surface area contributed by atoms with Gasteiger partial charge in [0.1, 0.15) is 11.7 Å². The number of amides is 1. The van der Waals surface area contributed by atoms with Crippen molar-refractivity contribution in [2.45, 2.75) is 63.6 Å². The summed E-state index contributed by atoms with van der Waals surface area (Å²) >= 11 is 0. The highest BCUT2D eigenvalue weighted by atomic mass is 16.5. The van der Waals surface area contributed by atoms with Crippen LogP contribution in [-0.4, -0.2) is 67.1 Å². The summed E-state index contributed by atoms with van der Waals surface area (Å²) in [5.41, 5.74) is 8.73. The molecule has 10 nitrogen and oxygen atoms in total. The lowest BCUT2D eigenvalue weighted by Crippen LogP contribution is -2.56. The first-order valence-electron chi connectivity index (χ1n) is 12.9. The number of rotatable bonds is 8. The minimum Gasteiger partial charge on any atom is -0.388 e. The predicted molar refractivity (Wildman–Crippen MR) is 144 cm³/mol. The standard InChI is InChI=1S/C26H38N8O2/c1-4-18-15-36-22(25(35)31-17-8-6-5-7-9-17)14-34(18)23-13-20(32-26(30-3)33-23)16-10-11-19(24(27)28)21(12-16)29-2/h10-13,17-18,22,29H,4-9,14-15H2,1-3H3,(H3,27,28)(H,31,35)(H,30,32,33)/t18-,22+/m1/s1. The van der Waals surface area contributed by atoms with Gasteiger partial charge in [0.05, 0.1) is 24.9 Å². The Kier molecular flexibility index (Phi) is 8.25. The first-order chi connectivity index (χ1) is 17.4. The van der Waals surface area contributed by atoms with Crippen LogP contribution in [0.5, 0.6) is 0 Å². The second-order valence-electron chi connectivity index (χ2n) is 9.49. The zero-order chi connectivity index (χ0) is 25.7. The Hall–Kier alpha value is -3.40. The SMILES string of the molecule is CC[C@@H]1CO[C@H](C(=O)NC2CCCCC2)CN1c1cc(-c2ccc(C(=N)N)c(NC)c2)nc(NC)n1. The van der Waals surface area contributed by atoms with E-state index < -0.39 is 6.10 Å². The maximum Gasteiger partial charge on any atom is 0.251 e. The molecule has 1 aromatic heterocycles. The van der Waals surface area contributed by atoms with Gasteiger partial charge < -0.3 is 31.3 Å². The predicted octanol–water partition coefficient (Wildman–Crippen LogP) is 2.94. The number of nitrogen functional groups attached to an aromatic ring is 1. The smallest absolute Gasteiger partial charge is 0.251 e. The van der Waals surface area contributed by atoms with Gasteiger partial charge in [-0.05, 0) is 31.4 Å². The van der Waals surface area contributed by atoms with Crippen LogP contribution in [0.1, 0.15) is 51.0 Å². The van der Waals surface area contributed by atoms with Crippen LogP contribution in [0.25, 0.3) is 11.3 Å². The van der Waals surface area contributed by atoms with E-state index in [1.54, 1.807) is 14.1 Å². The van der Waals surface area contributed by atoms with Crippen molar-refractivity contribution in [2.24, 2.45) is 5.73 Å². The van der Waals surface area contributed by atoms with Crippen molar-refractivity contribution in [3.8, 4) is 11.3 Å². The summed E-state index contributed by atoms with van der Waals surface area (Å²) in [5, 5.41) is 17.2. The van der Waals surface area contributed by atoms with E-state index in [1.165, 1.54) is 19.3 Å². The molecule has 4 rings (SSSR count). The maximum atomic E-state index is 13.1. The number of nitrogens with two attached hydrogens (primary N) is 1. The Balaban J connectivity index is 1.62. The van der Waals surface area contributed by atoms with Gasteiger partial charge in [0, 0.05) is 43.0 Å². The van der Waals surface area contributed by atoms with Crippen LogP contribution in [-0.2, 0) is 9.53 Å². The molecule has 1 aliphatic heterocycles. The van der Waals surface area contributed by atoms with Gasteiger partial charge in [0.25, 0.3) is 5.91 Å². The molecular weight excluding hydrogens is 456 g/mol. The molecule has 0 radical (unpaired) electrons. The molecule has 194 valence electrons. The topological polar surface area (TPSA) is 141 Å². The molecule has 2 aliphatic rings. The second kappa shape index (κ2) is 11.6. The normalized spacial score (nSPS) is 20.6. The molecule has 0 spiro atoms. The summed E-state index contributed by atoms with van der Waals surface area (Å²) in [6.45, 7) is 3.01. The van der Waals surface area contributed by atoms with E-state index in [1.807, 2.05) is 24.3 Å². The molecule has 36 heavy (non-hydrogen) atoms. The highest BCUT2D eigenvalue weighted by Gasteiger charge is 2.34. The minimum atomic E-state index is -0.545. The van der Waals surface area contributed by atoms with Crippen molar-refractivity contribution in [2.75, 3.05) is 42.8 Å². The van der Waals surface area contributed by atoms with Crippen LogP contribution >= 0.6 is 0 Å². The third kappa shape index (κ3) is 5.70. The van der Waals surface area contributed by atoms with Crippen molar-refractivity contribution >= 4 is 29.2 Å². The van der Waals surface area contributed by atoms with Crippen LogP contribution in [0.15, 0.2) is 24.3 Å². The summed E-state index contributed by atoms with van der Waals surface area (Å²) in [5.74, 6) is 1.20. The molecular formula is C26H38N8O2. The molecule has 1 aliphatic carbocycles. The summed E-state index contributed by atoms with van der Waals surface area (Å²) in [6.07, 6.45) is 5.98. The number of ether oxygens (including phenoxy) is 1. The zero-order valence-corrected chi connectivity index (χ0v) is 21.4. The van der Waals surface area contributed by atoms with Crippen molar-refractivity contribution in [3.05, 3.63) is 29.8 Å². The average Bonchev–Trinajstić information content (AvgIpc) is 2.92. The summed E-state index contributed by atoms with van der Waals surface area (Å²) in [4.78, 5) is 24.7. The third-order valence-electron chi connectivity index (χ3n) is 7.11. The Labute approximate surface area is 212 Å². The van der Waals surface area contributed by atoms with E-state index in [2.05, 4.69) is 32.8 Å². The molecule has 2 fully saturated rings. The van der Waals surface area contributed by atoms with Crippen LogP contribution in [0.4, 0.5) is 17.5 Å². The van der Waals surface area contributed by atoms with E-state index in [9.17, 15) is 4.79 Å². The second-order valence-corrected chi connectivity index (χ2v) is 9.49. The number of carbonyl (C=O) groups is 1. The number of carbonyl (C=O) groups excluding carboxylic acids is 1. The molecule has 6 N–H and O–H groups in total. The van der Waals surface area contributed by atoms with Gasteiger partial charge in [-0.1, -0.05) is 32.3 Å². The number of nitrogens with zero attached hydrogens (tertiary/aromatic N) is 3. The number of morpholine rings is 1. The summed E-state index contributed by atoms with van der Waals surface area (Å²) < 4.78 is 6.02. The molecule has 1 aromatic carbocycles. The monoisotopic (exact) mass is 494 g/mol. The Morgan fingerprint density at radius 3 is 2.61 bits per heavy atom. The molecule has 0 bridgehead atoms. The van der Waals surface area contributed by atoms with Gasteiger partial charge >= 0.3 is 0 Å². The average molecular weight is 495 g/mol. The third-order valence-corrected chi connectivity index (χ3v) is 7.11. The van der Waals surface area contributed by atoms with Crippen molar-refractivity contribution in [3.63, 3.8) is 0 Å². The van der Waals surface area contributed by atoms with Gasteiger partial charge in [-0.2, -0.15) is 4.98 Å². The Morgan fingerprint density at radius 2 is 1.94 bits per heavy atom. The van der Waals surface area contributed by atoms with E-state index in [4.69, 9.17) is 20.9 Å². The first-order valence-corrected chi connectivity index (χ1v) is 12.9. The Morgan fingerprint density at radius 1 is 1.17 bits per heavy atom. The fourth-order valence-electron chi connectivity index (χ4n) is 5.00. The number of nitrogens with one attached hydrogen (secondary N) is 4. The van der Waals surface area contributed by atoms with Crippen LogP contribution < -0.4 is 26.6 Å². The highest BCUT2D eigenvalue weighted by Crippen LogP contribution is 2.30. The lowest BCUT2D eigenvalue weighted by molar-refractivity contribution is -0.135. The summed E-state index contributed by atoms with van der Waals surface area (Å²) in [6, 6.07) is 7.95. The maximum absolute atomic E-state index is 13.1. The molecule has 1 saturated carbocycles. The van der Waals surface area contributed by atoms with Gasteiger partial charge in [-0.25, -0.2) is 4.98 Å². The molecule has 2 heterocycles. The van der Waals surface area contributed by atoms with Gasteiger partial charge in [0.15, 0.2) is 6.10 Å².